The summed E-state index contributed by atoms with van der Waals surface area (Å²) < 4.78 is 0. The molecule has 426 valence electrons. The van der Waals surface area contributed by atoms with Crippen molar-refractivity contribution in [2.45, 2.75) is 353 Å². The van der Waals surface area contributed by atoms with Gasteiger partial charge in [0.05, 0.1) is 18.8 Å². The zero-order valence-corrected chi connectivity index (χ0v) is 49.2. The third-order valence-corrected chi connectivity index (χ3v) is 14.9. The minimum absolute atomic E-state index is 0.0593. The molecule has 0 aliphatic carbocycles. The van der Waals surface area contributed by atoms with Crippen LogP contribution in [0.15, 0.2) is 72.9 Å². The van der Waals surface area contributed by atoms with Crippen LogP contribution in [0.1, 0.15) is 341 Å². The van der Waals surface area contributed by atoms with Crippen LogP contribution in [-0.4, -0.2) is 34.9 Å². The molecular weight excluding hydrogens is 891 g/mol. The summed E-state index contributed by atoms with van der Waals surface area (Å²) in [6.45, 7) is 4.23. The number of carbonyl (C=O) groups excluding carboxylic acids is 1. The Labute approximate surface area is 457 Å². The van der Waals surface area contributed by atoms with E-state index in [1.54, 1.807) is 6.08 Å². The molecular formula is C69H127NO3. The van der Waals surface area contributed by atoms with Crippen molar-refractivity contribution in [1.29, 1.82) is 0 Å². The molecule has 0 radical (unpaired) electrons. The molecule has 4 nitrogen and oxygen atoms in total. The highest BCUT2D eigenvalue weighted by Gasteiger charge is 2.18. The van der Waals surface area contributed by atoms with Gasteiger partial charge in [-0.2, -0.15) is 0 Å². The Morgan fingerprint density at radius 3 is 0.904 bits per heavy atom. The Morgan fingerprint density at radius 2 is 0.603 bits per heavy atom. The lowest BCUT2D eigenvalue weighted by atomic mass is 10.0. The second kappa shape index (κ2) is 64.1. The monoisotopic (exact) mass is 1020 g/mol. The lowest BCUT2D eigenvalue weighted by molar-refractivity contribution is -0.123. The van der Waals surface area contributed by atoms with Crippen molar-refractivity contribution >= 4 is 5.91 Å². The molecule has 2 unspecified atom stereocenters. The second-order valence-corrected chi connectivity index (χ2v) is 22.2. The molecule has 0 aromatic heterocycles. The average Bonchev–Trinajstić information content (AvgIpc) is 3.40. The molecule has 0 aliphatic rings. The Morgan fingerprint density at radius 1 is 0.342 bits per heavy atom. The van der Waals surface area contributed by atoms with E-state index in [2.05, 4.69) is 79.9 Å². The Kier molecular flexibility index (Phi) is 62.2. The molecule has 0 aromatic rings. The van der Waals surface area contributed by atoms with Gasteiger partial charge in [-0.1, -0.05) is 344 Å². The molecule has 0 bridgehead atoms. The van der Waals surface area contributed by atoms with Crippen LogP contribution in [0.4, 0.5) is 0 Å². The van der Waals surface area contributed by atoms with Crippen molar-refractivity contribution in [1.82, 2.24) is 5.32 Å². The zero-order valence-electron chi connectivity index (χ0n) is 49.2. The third-order valence-electron chi connectivity index (χ3n) is 14.9. The van der Waals surface area contributed by atoms with Crippen LogP contribution < -0.4 is 5.32 Å². The number of aliphatic hydroxyl groups is 2. The Balaban J connectivity index is 3.46. The first-order valence-electron chi connectivity index (χ1n) is 32.7. The van der Waals surface area contributed by atoms with Crippen LogP contribution in [0, 0.1) is 0 Å². The molecule has 0 aliphatic heterocycles. The summed E-state index contributed by atoms with van der Waals surface area (Å²) in [5, 5.41) is 23.3. The number of rotatable bonds is 60. The van der Waals surface area contributed by atoms with Gasteiger partial charge in [-0.25, -0.2) is 0 Å². The topological polar surface area (TPSA) is 69.6 Å². The lowest BCUT2D eigenvalue weighted by Crippen LogP contribution is -2.45. The molecule has 3 N–H and O–H groups in total. The molecule has 2 atom stereocenters. The van der Waals surface area contributed by atoms with Gasteiger partial charge in [-0.3, -0.25) is 4.79 Å². The van der Waals surface area contributed by atoms with E-state index in [4.69, 9.17) is 0 Å². The predicted molar refractivity (Wildman–Crippen MR) is 327 cm³/mol. The smallest absolute Gasteiger partial charge is 0.220 e. The summed E-state index contributed by atoms with van der Waals surface area (Å²) in [7, 11) is 0. The largest absolute Gasteiger partial charge is 0.394 e. The van der Waals surface area contributed by atoms with Gasteiger partial charge in [0.2, 0.25) is 5.91 Å². The number of aliphatic hydroxyl groups excluding tert-OH is 2. The van der Waals surface area contributed by atoms with Gasteiger partial charge < -0.3 is 15.5 Å². The number of unbranched alkanes of at least 4 members (excludes halogenated alkanes) is 43. The standard InChI is InChI=1S/C69H127NO3/c1-3-5-7-9-11-13-15-17-19-21-23-25-27-29-31-32-33-34-35-36-37-38-39-41-43-45-47-49-51-53-55-57-59-61-63-65-69(73)70-67(66-71)68(72)64-62-60-58-56-54-52-50-48-46-44-42-40-30-28-26-24-22-20-18-16-14-12-10-8-6-4-2/h5,7,11,13,17,19,23,25,29,31,62,64,67-68,71-72H,3-4,6,8-10,12,14-16,18,20-22,24,26-28,30,32-61,63,65-66H2,1-2H3,(H,70,73)/b7-5-,13-11-,19-17-,25-23-,31-29-,64-62+. The first-order chi connectivity index (χ1) is 36.2. The molecule has 73 heavy (non-hydrogen) atoms. The predicted octanol–water partition coefficient (Wildman–Crippen LogP) is 22.1. The lowest BCUT2D eigenvalue weighted by Gasteiger charge is -2.20. The number of carbonyl (C=O) groups is 1. The van der Waals surface area contributed by atoms with Crippen LogP contribution in [-0.2, 0) is 4.79 Å². The summed E-state index contributed by atoms with van der Waals surface area (Å²) in [6, 6.07) is -0.625. The van der Waals surface area contributed by atoms with Crippen molar-refractivity contribution in [3.8, 4) is 0 Å². The van der Waals surface area contributed by atoms with Crippen LogP contribution in [0.3, 0.4) is 0 Å². The number of nitrogens with one attached hydrogen (secondary N) is 1. The van der Waals surface area contributed by atoms with E-state index < -0.39 is 12.1 Å². The molecule has 0 spiro atoms. The fraction of sp³-hybridized carbons (Fsp3) is 0.812. The average molecular weight is 1020 g/mol. The van der Waals surface area contributed by atoms with Gasteiger partial charge in [-0.15, -0.1) is 0 Å². The maximum absolute atomic E-state index is 12.5. The number of amides is 1. The zero-order chi connectivity index (χ0) is 52.7. The molecule has 0 heterocycles. The molecule has 0 saturated heterocycles. The highest BCUT2D eigenvalue weighted by Crippen LogP contribution is 2.18. The van der Waals surface area contributed by atoms with E-state index in [9.17, 15) is 15.0 Å². The maximum Gasteiger partial charge on any atom is 0.220 e. The Hall–Kier alpha value is -2.17. The summed E-state index contributed by atoms with van der Waals surface area (Å²) >= 11 is 0. The number of hydrogen-bond acceptors (Lipinski definition) is 3. The van der Waals surface area contributed by atoms with E-state index in [1.165, 1.54) is 263 Å². The number of allylic oxidation sites excluding steroid dienone is 11. The first kappa shape index (κ1) is 70.8. The van der Waals surface area contributed by atoms with Crippen molar-refractivity contribution in [2.24, 2.45) is 0 Å². The van der Waals surface area contributed by atoms with E-state index in [1.807, 2.05) is 6.08 Å². The van der Waals surface area contributed by atoms with Crippen molar-refractivity contribution in [2.75, 3.05) is 6.61 Å². The SMILES string of the molecule is CC/C=C\C/C=C\C/C=C\C/C=C\C/C=C\CCCCCCCCCCCCCCCCCCCCCC(=O)NC(CO)C(O)/C=C/CCCCCCCCCCCCCCCCCCCCCCCCCC. The van der Waals surface area contributed by atoms with Crippen LogP contribution >= 0.6 is 0 Å². The third kappa shape index (κ3) is 60.6. The maximum atomic E-state index is 12.5. The highest BCUT2D eigenvalue weighted by molar-refractivity contribution is 5.76. The molecule has 1 amide bonds. The van der Waals surface area contributed by atoms with Crippen molar-refractivity contribution in [3.05, 3.63) is 72.9 Å². The van der Waals surface area contributed by atoms with Gasteiger partial charge in [0.1, 0.15) is 0 Å². The van der Waals surface area contributed by atoms with Crippen molar-refractivity contribution in [3.63, 3.8) is 0 Å². The fourth-order valence-corrected chi connectivity index (χ4v) is 10.0. The van der Waals surface area contributed by atoms with E-state index in [0.717, 1.165) is 57.8 Å². The van der Waals surface area contributed by atoms with Crippen molar-refractivity contribution < 1.29 is 15.0 Å². The van der Waals surface area contributed by atoms with Gasteiger partial charge in [-0.05, 0) is 64.2 Å². The molecule has 0 fully saturated rings. The first-order valence-corrected chi connectivity index (χ1v) is 32.7. The van der Waals surface area contributed by atoms with Gasteiger partial charge >= 0.3 is 0 Å². The fourth-order valence-electron chi connectivity index (χ4n) is 10.0. The second-order valence-electron chi connectivity index (χ2n) is 22.2. The normalized spacial score (nSPS) is 13.2. The molecule has 0 saturated carbocycles. The minimum Gasteiger partial charge on any atom is -0.394 e. The summed E-state index contributed by atoms with van der Waals surface area (Å²) in [5.74, 6) is -0.0593. The van der Waals surface area contributed by atoms with Gasteiger partial charge in [0.25, 0.3) is 0 Å². The minimum atomic E-state index is -0.842. The quantitative estimate of drug-likeness (QED) is 0.0420. The van der Waals surface area contributed by atoms with Crippen LogP contribution in [0.25, 0.3) is 0 Å². The number of hydrogen-bond donors (Lipinski definition) is 3. The van der Waals surface area contributed by atoms with E-state index >= 15 is 0 Å². The molecule has 4 heteroatoms. The van der Waals surface area contributed by atoms with Gasteiger partial charge in [0.15, 0.2) is 0 Å². The summed E-state index contributed by atoms with van der Waals surface area (Å²) in [4.78, 5) is 12.5. The molecule has 0 rings (SSSR count). The van der Waals surface area contributed by atoms with Crippen LogP contribution in [0.5, 0.6) is 0 Å². The highest BCUT2D eigenvalue weighted by atomic mass is 16.3. The van der Waals surface area contributed by atoms with E-state index in [0.29, 0.717) is 6.42 Å². The van der Waals surface area contributed by atoms with Crippen LogP contribution in [0.2, 0.25) is 0 Å². The van der Waals surface area contributed by atoms with Gasteiger partial charge in [0, 0.05) is 6.42 Å². The summed E-state index contributed by atoms with van der Waals surface area (Å²) in [5.41, 5.74) is 0. The molecule has 0 aromatic carbocycles. The summed E-state index contributed by atoms with van der Waals surface area (Å²) in [6.07, 6.45) is 92.5. The Bertz CT molecular complexity index is 1250. The van der Waals surface area contributed by atoms with E-state index in [-0.39, 0.29) is 12.5 Å².